The molecular formula is C10H16O4. The minimum Gasteiger partial charge on any atom is -0.461 e. The molecule has 1 atom stereocenters. The zero-order valence-electron chi connectivity index (χ0n) is 8.53. The Hall–Kier alpha value is -0.840. The van der Waals surface area contributed by atoms with Crippen LogP contribution in [0.25, 0.3) is 0 Å². The summed E-state index contributed by atoms with van der Waals surface area (Å²) in [5.74, 6) is 1.28. The van der Waals surface area contributed by atoms with E-state index in [4.69, 9.17) is 19.0 Å². The first-order valence-corrected chi connectivity index (χ1v) is 4.55. The molecule has 0 saturated carbocycles. The summed E-state index contributed by atoms with van der Waals surface area (Å²) in [6.07, 6.45) is 0.0441. The highest BCUT2D eigenvalue weighted by Crippen LogP contribution is 2.09. The van der Waals surface area contributed by atoms with Crippen LogP contribution in [-0.2, 0) is 22.7 Å². The molecule has 0 fully saturated rings. The Bertz CT molecular complexity index is 256. The van der Waals surface area contributed by atoms with Crippen molar-refractivity contribution in [2.24, 2.45) is 0 Å². The topological polar surface area (TPSA) is 51.8 Å². The second-order valence-corrected chi connectivity index (χ2v) is 3.10. The molecule has 0 aliphatic rings. The molecule has 1 aromatic rings. The van der Waals surface area contributed by atoms with Gasteiger partial charge in [-0.05, 0) is 19.1 Å². The Morgan fingerprint density at radius 2 is 2.14 bits per heavy atom. The Labute approximate surface area is 83.4 Å². The smallest absolute Gasteiger partial charge is 0.130 e. The number of rotatable bonds is 6. The van der Waals surface area contributed by atoms with Crippen LogP contribution in [-0.4, -0.2) is 24.9 Å². The molecule has 80 valence electrons. The zero-order valence-corrected chi connectivity index (χ0v) is 8.53. The van der Waals surface area contributed by atoms with Gasteiger partial charge in [-0.25, -0.2) is 0 Å². The van der Waals surface area contributed by atoms with E-state index in [9.17, 15) is 0 Å². The van der Waals surface area contributed by atoms with Gasteiger partial charge in [0.05, 0.1) is 12.7 Å². The van der Waals surface area contributed by atoms with Gasteiger partial charge in [0.1, 0.15) is 24.7 Å². The summed E-state index contributed by atoms with van der Waals surface area (Å²) in [7, 11) is 1.64. The van der Waals surface area contributed by atoms with Crippen LogP contribution in [0.1, 0.15) is 18.4 Å². The summed E-state index contributed by atoms with van der Waals surface area (Å²) >= 11 is 0. The predicted octanol–water partition coefficient (Wildman–Crippen LogP) is 1.32. The summed E-state index contributed by atoms with van der Waals surface area (Å²) in [6.45, 7) is 2.82. The molecule has 0 saturated heterocycles. The normalized spacial score (nSPS) is 13.1. The molecule has 1 rings (SSSR count). The van der Waals surface area contributed by atoms with E-state index in [2.05, 4.69) is 0 Å². The van der Waals surface area contributed by atoms with Gasteiger partial charge in [0.15, 0.2) is 0 Å². The van der Waals surface area contributed by atoms with Gasteiger partial charge in [-0.3, -0.25) is 0 Å². The van der Waals surface area contributed by atoms with Crippen molar-refractivity contribution in [1.82, 2.24) is 0 Å². The minimum absolute atomic E-state index is 0.0441. The lowest BCUT2D eigenvalue weighted by atomic mass is 10.4. The van der Waals surface area contributed by atoms with Crippen molar-refractivity contribution in [3.05, 3.63) is 23.7 Å². The van der Waals surface area contributed by atoms with Crippen LogP contribution in [0.4, 0.5) is 0 Å². The number of aliphatic hydroxyl groups excluding tert-OH is 1. The molecule has 1 heterocycles. The van der Waals surface area contributed by atoms with Crippen LogP contribution in [0.2, 0.25) is 0 Å². The molecule has 0 aromatic carbocycles. The highest BCUT2D eigenvalue weighted by atomic mass is 16.5. The van der Waals surface area contributed by atoms with E-state index in [1.807, 2.05) is 6.92 Å². The van der Waals surface area contributed by atoms with Crippen molar-refractivity contribution in [2.75, 3.05) is 13.7 Å². The van der Waals surface area contributed by atoms with Gasteiger partial charge < -0.3 is 19.0 Å². The molecule has 4 nitrogen and oxygen atoms in total. The van der Waals surface area contributed by atoms with E-state index < -0.39 is 0 Å². The van der Waals surface area contributed by atoms with Crippen molar-refractivity contribution >= 4 is 0 Å². The zero-order chi connectivity index (χ0) is 10.4. The van der Waals surface area contributed by atoms with Gasteiger partial charge in [0, 0.05) is 7.11 Å². The number of hydrogen-bond acceptors (Lipinski definition) is 4. The van der Waals surface area contributed by atoms with Crippen molar-refractivity contribution in [3.63, 3.8) is 0 Å². The number of ether oxygens (including phenoxy) is 2. The predicted molar refractivity (Wildman–Crippen MR) is 50.8 cm³/mol. The first kappa shape index (κ1) is 11.2. The fraction of sp³-hybridized carbons (Fsp3) is 0.600. The summed E-state index contributed by atoms with van der Waals surface area (Å²) in [5.41, 5.74) is 0. The van der Waals surface area contributed by atoms with Crippen LogP contribution >= 0.6 is 0 Å². The lowest BCUT2D eigenvalue weighted by Crippen LogP contribution is -2.14. The number of aliphatic hydroxyl groups is 1. The maximum absolute atomic E-state index is 8.76. The number of hydrogen-bond donors (Lipinski definition) is 1. The van der Waals surface area contributed by atoms with Crippen molar-refractivity contribution < 1.29 is 19.0 Å². The van der Waals surface area contributed by atoms with Crippen molar-refractivity contribution in [1.29, 1.82) is 0 Å². The van der Waals surface area contributed by atoms with E-state index in [1.54, 1.807) is 19.2 Å². The standard InChI is InChI=1S/C10H16O4/c1-8(6-12-2)13-7-10-4-3-9(5-11)14-10/h3-4,8,11H,5-7H2,1-2H3. The van der Waals surface area contributed by atoms with Gasteiger partial charge in [0.25, 0.3) is 0 Å². The van der Waals surface area contributed by atoms with E-state index in [0.29, 0.717) is 19.0 Å². The molecule has 0 radical (unpaired) electrons. The fourth-order valence-corrected chi connectivity index (χ4v) is 1.09. The minimum atomic E-state index is -0.0758. The Morgan fingerprint density at radius 3 is 2.71 bits per heavy atom. The third-order valence-corrected chi connectivity index (χ3v) is 1.78. The molecule has 0 spiro atoms. The summed E-state index contributed by atoms with van der Waals surface area (Å²) < 4.78 is 15.6. The average Bonchev–Trinajstić information content (AvgIpc) is 2.63. The van der Waals surface area contributed by atoms with Crippen LogP contribution in [0.15, 0.2) is 16.5 Å². The first-order valence-electron chi connectivity index (χ1n) is 4.55. The van der Waals surface area contributed by atoms with E-state index in [0.717, 1.165) is 5.76 Å². The highest BCUT2D eigenvalue weighted by Gasteiger charge is 2.04. The maximum Gasteiger partial charge on any atom is 0.130 e. The van der Waals surface area contributed by atoms with Gasteiger partial charge in [-0.15, -0.1) is 0 Å². The van der Waals surface area contributed by atoms with Crippen LogP contribution in [0.3, 0.4) is 0 Å². The molecule has 1 aromatic heterocycles. The van der Waals surface area contributed by atoms with E-state index in [1.165, 1.54) is 0 Å². The van der Waals surface area contributed by atoms with Crippen molar-refractivity contribution in [2.45, 2.75) is 26.2 Å². The van der Waals surface area contributed by atoms with E-state index >= 15 is 0 Å². The summed E-state index contributed by atoms with van der Waals surface area (Å²) in [6, 6.07) is 3.53. The molecule has 14 heavy (non-hydrogen) atoms. The first-order chi connectivity index (χ1) is 6.76. The molecule has 0 aliphatic carbocycles. The average molecular weight is 200 g/mol. The SMILES string of the molecule is COCC(C)OCc1ccc(CO)o1. The third-order valence-electron chi connectivity index (χ3n) is 1.78. The fourth-order valence-electron chi connectivity index (χ4n) is 1.09. The number of methoxy groups -OCH3 is 1. The molecule has 0 aliphatic heterocycles. The monoisotopic (exact) mass is 200 g/mol. The van der Waals surface area contributed by atoms with Crippen LogP contribution in [0, 0.1) is 0 Å². The molecule has 1 N–H and O–H groups in total. The van der Waals surface area contributed by atoms with Crippen molar-refractivity contribution in [3.8, 4) is 0 Å². The van der Waals surface area contributed by atoms with Gasteiger partial charge >= 0.3 is 0 Å². The highest BCUT2D eigenvalue weighted by molar-refractivity contribution is 5.05. The second kappa shape index (κ2) is 5.80. The maximum atomic E-state index is 8.76. The van der Waals surface area contributed by atoms with Gasteiger partial charge in [-0.2, -0.15) is 0 Å². The molecule has 1 unspecified atom stereocenters. The largest absolute Gasteiger partial charge is 0.461 e. The molecule has 0 bridgehead atoms. The Morgan fingerprint density at radius 1 is 1.43 bits per heavy atom. The van der Waals surface area contributed by atoms with Gasteiger partial charge in [-0.1, -0.05) is 0 Å². The summed E-state index contributed by atoms with van der Waals surface area (Å²) in [4.78, 5) is 0. The van der Waals surface area contributed by atoms with Crippen LogP contribution in [0.5, 0.6) is 0 Å². The molecular weight excluding hydrogens is 184 g/mol. The lowest BCUT2D eigenvalue weighted by molar-refractivity contribution is -0.00693. The second-order valence-electron chi connectivity index (χ2n) is 3.10. The lowest BCUT2D eigenvalue weighted by Gasteiger charge is -2.10. The van der Waals surface area contributed by atoms with E-state index in [-0.39, 0.29) is 12.7 Å². The van der Waals surface area contributed by atoms with Gasteiger partial charge in [0.2, 0.25) is 0 Å². The number of furan rings is 1. The quantitative estimate of drug-likeness (QED) is 0.752. The Kier molecular flexibility index (Phi) is 4.65. The Balaban J connectivity index is 2.30. The third kappa shape index (κ3) is 3.49. The van der Waals surface area contributed by atoms with Crippen LogP contribution < -0.4 is 0 Å². The molecule has 4 heteroatoms. The molecule has 0 amide bonds. The summed E-state index contributed by atoms with van der Waals surface area (Å²) in [5, 5.41) is 8.76.